The van der Waals surface area contributed by atoms with Gasteiger partial charge in [0, 0.05) is 30.7 Å². The van der Waals surface area contributed by atoms with Crippen molar-refractivity contribution in [2.24, 2.45) is 0 Å². The highest BCUT2D eigenvalue weighted by molar-refractivity contribution is 6.02. The van der Waals surface area contributed by atoms with Gasteiger partial charge in [0.05, 0.1) is 11.3 Å². The SMILES string of the molecule is O=C(NCc1cccnc1)c1cc2ccc(-c3ccc(F)cc3)cn2c1-c1cocn1.O=C(O)C(F)(F)F. The highest BCUT2D eigenvalue weighted by atomic mass is 19.4. The first-order valence-corrected chi connectivity index (χ1v) is 10.9. The number of hydrogen-bond donors (Lipinski definition) is 2. The number of halogens is 4. The summed E-state index contributed by atoms with van der Waals surface area (Å²) in [6.45, 7) is 0.359. The zero-order valence-corrected chi connectivity index (χ0v) is 19.3. The minimum absolute atomic E-state index is 0.228. The number of hydrogen-bond acceptors (Lipinski definition) is 5. The monoisotopic (exact) mass is 526 g/mol. The Labute approximate surface area is 212 Å². The molecule has 0 saturated carbocycles. The molecule has 4 aromatic heterocycles. The van der Waals surface area contributed by atoms with Crippen LogP contribution in [-0.2, 0) is 11.3 Å². The summed E-state index contributed by atoms with van der Waals surface area (Å²) in [5, 5.41) is 10.1. The Morgan fingerprint density at radius 2 is 1.76 bits per heavy atom. The lowest BCUT2D eigenvalue weighted by atomic mass is 10.1. The van der Waals surface area contributed by atoms with Crippen LogP contribution in [0, 0.1) is 5.82 Å². The minimum Gasteiger partial charge on any atom is -0.475 e. The maximum atomic E-state index is 13.3. The maximum Gasteiger partial charge on any atom is 0.490 e. The Bertz CT molecular complexity index is 1550. The first-order chi connectivity index (χ1) is 18.1. The van der Waals surface area contributed by atoms with E-state index in [-0.39, 0.29) is 11.7 Å². The molecule has 0 radical (unpaired) electrons. The molecule has 0 aliphatic heterocycles. The second kappa shape index (κ2) is 10.9. The van der Waals surface area contributed by atoms with Crippen LogP contribution in [0.5, 0.6) is 0 Å². The minimum atomic E-state index is -5.08. The molecule has 0 fully saturated rings. The summed E-state index contributed by atoms with van der Waals surface area (Å²) in [5.41, 5.74) is 5.13. The lowest BCUT2D eigenvalue weighted by molar-refractivity contribution is -0.192. The van der Waals surface area contributed by atoms with Crippen molar-refractivity contribution in [2.45, 2.75) is 12.7 Å². The fraction of sp³-hybridized carbons (Fsp3) is 0.0769. The van der Waals surface area contributed by atoms with E-state index in [0.29, 0.717) is 23.5 Å². The molecule has 1 amide bonds. The summed E-state index contributed by atoms with van der Waals surface area (Å²) in [7, 11) is 0. The van der Waals surface area contributed by atoms with Crippen LogP contribution >= 0.6 is 0 Å². The lowest BCUT2D eigenvalue weighted by Gasteiger charge is -2.08. The quantitative estimate of drug-likeness (QED) is 0.299. The number of fused-ring (bicyclic) bond motifs is 1. The van der Waals surface area contributed by atoms with Gasteiger partial charge in [-0.25, -0.2) is 14.2 Å². The zero-order valence-electron chi connectivity index (χ0n) is 19.3. The van der Waals surface area contributed by atoms with Crippen molar-refractivity contribution in [2.75, 3.05) is 0 Å². The number of rotatable bonds is 5. The normalized spacial score (nSPS) is 11.1. The molecule has 5 rings (SSSR count). The molecular weight excluding hydrogens is 508 g/mol. The predicted octanol–water partition coefficient (Wildman–Crippen LogP) is 5.36. The number of pyridine rings is 2. The molecule has 0 aliphatic carbocycles. The number of aliphatic carboxylic acids is 1. The van der Waals surface area contributed by atoms with Crippen molar-refractivity contribution >= 4 is 17.4 Å². The van der Waals surface area contributed by atoms with Crippen LogP contribution in [0.3, 0.4) is 0 Å². The Morgan fingerprint density at radius 3 is 2.37 bits per heavy atom. The van der Waals surface area contributed by atoms with Crippen LogP contribution in [0.2, 0.25) is 0 Å². The average molecular weight is 526 g/mol. The predicted molar refractivity (Wildman–Crippen MR) is 127 cm³/mol. The Kier molecular flexibility index (Phi) is 7.51. The Hall–Kier alpha value is -5.00. The van der Waals surface area contributed by atoms with E-state index in [9.17, 15) is 22.4 Å². The molecule has 0 unspecified atom stereocenters. The molecule has 0 spiro atoms. The van der Waals surface area contributed by atoms with Crippen LogP contribution in [0.4, 0.5) is 17.6 Å². The van der Waals surface area contributed by atoms with Crippen molar-refractivity contribution in [1.29, 1.82) is 0 Å². The number of benzene rings is 1. The highest BCUT2D eigenvalue weighted by Crippen LogP contribution is 2.29. The molecular formula is C26H18F4N4O4. The highest BCUT2D eigenvalue weighted by Gasteiger charge is 2.38. The van der Waals surface area contributed by atoms with E-state index in [1.807, 2.05) is 40.9 Å². The van der Waals surface area contributed by atoms with Crippen LogP contribution in [0.15, 0.2) is 90.3 Å². The van der Waals surface area contributed by atoms with Crippen molar-refractivity contribution in [3.63, 3.8) is 0 Å². The van der Waals surface area contributed by atoms with Crippen molar-refractivity contribution in [3.8, 4) is 22.5 Å². The van der Waals surface area contributed by atoms with Gasteiger partial charge in [-0.2, -0.15) is 13.2 Å². The van der Waals surface area contributed by atoms with E-state index in [1.54, 1.807) is 24.5 Å². The van der Waals surface area contributed by atoms with Crippen LogP contribution < -0.4 is 5.32 Å². The van der Waals surface area contributed by atoms with E-state index >= 15 is 0 Å². The van der Waals surface area contributed by atoms with E-state index in [2.05, 4.69) is 15.3 Å². The molecule has 4 heterocycles. The molecule has 0 atom stereocenters. The zero-order chi connectivity index (χ0) is 27.3. The number of aromatic nitrogens is 3. The van der Waals surface area contributed by atoms with Gasteiger partial charge >= 0.3 is 12.1 Å². The first kappa shape index (κ1) is 26.1. The largest absolute Gasteiger partial charge is 0.490 e. The number of nitrogens with one attached hydrogen (secondary N) is 1. The summed E-state index contributed by atoms with van der Waals surface area (Å²) in [5.74, 6) is -3.27. The van der Waals surface area contributed by atoms with Gasteiger partial charge in [0.2, 0.25) is 0 Å². The van der Waals surface area contributed by atoms with Crippen molar-refractivity contribution in [3.05, 3.63) is 103 Å². The maximum absolute atomic E-state index is 13.3. The van der Waals surface area contributed by atoms with E-state index in [4.69, 9.17) is 14.3 Å². The van der Waals surface area contributed by atoms with Crippen LogP contribution in [0.25, 0.3) is 28.0 Å². The van der Waals surface area contributed by atoms with Gasteiger partial charge in [0.15, 0.2) is 6.39 Å². The van der Waals surface area contributed by atoms with Gasteiger partial charge in [-0.15, -0.1) is 0 Å². The van der Waals surface area contributed by atoms with Crippen LogP contribution in [-0.4, -0.2) is 37.5 Å². The second-order valence-corrected chi connectivity index (χ2v) is 7.85. The van der Waals surface area contributed by atoms with E-state index < -0.39 is 12.1 Å². The number of amides is 1. The first-order valence-electron chi connectivity index (χ1n) is 10.9. The van der Waals surface area contributed by atoms with E-state index in [0.717, 1.165) is 22.2 Å². The number of carbonyl (C=O) groups excluding carboxylic acids is 1. The van der Waals surface area contributed by atoms with E-state index in [1.165, 1.54) is 24.8 Å². The molecule has 0 saturated heterocycles. The van der Waals surface area contributed by atoms with Gasteiger partial charge in [-0.05, 0) is 47.0 Å². The summed E-state index contributed by atoms with van der Waals surface area (Å²) in [4.78, 5) is 30.3. The molecule has 1 aromatic carbocycles. The summed E-state index contributed by atoms with van der Waals surface area (Å²) in [6.07, 6.45) is 3.06. The fourth-order valence-electron chi connectivity index (χ4n) is 3.53. The van der Waals surface area contributed by atoms with Gasteiger partial charge in [-0.1, -0.05) is 24.3 Å². The Balaban J connectivity index is 0.000000426. The molecule has 38 heavy (non-hydrogen) atoms. The average Bonchev–Trinajstić information content (AvgIpc) is 3.55. The topological polar surface area (TPSA) is 110 Å². The number of carboxylic acid groups (broad SMARTS) is 1. The van der Waals surface area contributed by atoms with Crippen molar-refractivity contribution < 1.29 is 36.7 Å². The second-order valence-electron chi connectivity index (χ2n) is 7.85. The Morgan fingerprint density at radius 1 is 1.05 bits per heavy atom. The molecule has 0 aliphatic rings. The molecule has 12 heteroatoms. The number of alkyl halides is 3. The molecule has 5 aromatic rings. The third kappa shape index (κ3) is 6.03. The summed E-state index contributed by atoms with van der Waals surface area (Å²) >= 11 is 0. The lowest BCUT2D eigenvalue weighted by Crippen LogP contribution is -2.23. The molecule has 194 valence electrons. The third-order valence-corrected chi connectivity index (χ3v) is 5.28. The van der Waals surface area contributed by atoms with Gasteiger partial charge in [0.25, 0.3) is 5.91 Å². The summed E-state index contributed by atoms with van der Waals surface area (Å²) in [6, 6.07) is 15.7. The third-order valence-electron chi connectivity index (χ3n) is 5.28. The summed E-state index contributed by atoms with van der Waals surface area (Å²) < 4.78 is 52.1. The molecule has 8 nitrogen and oxygen atoms in total. The number of carbonyl (C=O) groups is 2. The number of oxazole rings is 1. The van der Waals surface area contributed by atoms with Gasteiger partial charge < -0.3 is 19.2 Å². The standard InChI is InChI=1S/C24H17FN4O2.C2HF3O2/c25-19-6-3-17(4-7-19)18-5-8-20-10-21(23(29(20)13-18)22-14-31-15-28-22)24(30)27-12-16-2-1-9-26-11-16;3-2(4,5)1(6)7/h1-11,13-15H,12H2,(H,27,30);(H,6,7). The number of nitrogens with zero attached hydrogens (tertiary/aromatic N) is 3. The van der Waals surface area contributed by atoms with Crippen molar-refractivity contribution in [1.82, 2.24) is 19.7 Å². The smallest absolute Gasteiger partial charge is 0.475 e. The van der Waals surface area contributed by atoms with Gasteiger partial charge in [0.1, 0.15) is 17.8 Å². The molecule has 2 N–H and O–H groups in total. The molecule has 0 bridgehead atoms. The van der Waals surface area contributed by atoms with Crippen LogP contribution in [0.1, 0.15) is 15.9 Å². The number of carboxylic acids is 1. The fourth-order valence-corrected chi connectivity index (χ4v) is 3.53. The van der Waals surface area contributed by atoms with Gasteiger partial charge in [-0.3, -0.25) is 9.78 Å².